The maximum Gasteiger partial charge on any atom is 0.265 e. The molecule has 6 nitrogen and oxygen atoms in total. The lowest BCUT2D eigenvalue weighted by Gasteiger charge is -2.07. The summed E-state index contributed by atoms with van der Waals surface area (Å²) in [6.07, 6.45) is 0. The van der Waals surface area contributed by atoms with Crippen molar-refractivity contribution in [3.63, 3.8) is 0 Å². The van der Waals surface area contributed by atoms with E-state index in [1.807, 2.05) is 18.4 Å². The summed E-state index contributed by atoms with van der Waals surface area (Å²) < 4.78 is 28.7. The first-order valence-electron chi connectivity index (χ1n) is 7.61. The highest BCUT2D eigenvalue weighted by Gasteiger charge is 2.19. The lowest BCUT2D eigenvalue weighted by Crippen LogP contribution is -2.30. The molecule has 0 saturated carbocycles. The van der Waals surface area contributed by atoms with Crippen LogP contribution in [0.15, 0.2) is 47.4 Å². The minimum absolute atomic E-state index is 0.0302. The van der Waals surface area contributed by atoms with Gasteiger partial charge in [0.05, 0.1) is 15.9 Å². The van der Waals surface area contributed by atoms with Gasteiger partial charge in [-0.1, -0.05) is 11.6 Å². The molecule has 0 unspecified atom stereocenters. The molecule has 8 heteroatoms. The summed E-state index contributed by atoms with van der Waals surface area (Å²) in [5.74, 6) is 0.129. The summed E-state index contributed by atoms with van der Waals surface area (Å²) in [5, 5.41) is 0.414. The van der Waals surface area contributed by atoms with Crippen molar-refractivity contribution < 1.29 is 13.2 Å². The highest BCUT2D eigenvalue weighted by Crippen LogP contribution is 2.19. The first-order chi connectivity index (χ1) is 11.8. The Bertz CT molecular complexity index is 1060. The fraction of sp³-hybridized carbons (Fsp3) is 0.176. The highest BCUT2D eigenvalue weighted by atomic mass is 35.5. The Balaban J connectivity index is 1.90. The molecule has 130 valence electrons. The average molecular weight is 378 g/mol. The molecule has 25 heavy (non-hydrogen) atoms. The van der Waals surface area contributed by atoms with Crippen molar-refractivity contribution in [1.29, 1.82) is 0 Å². The van der Waals surface area contributed by atoms with E-state index in [9.17, 15) is 13.2 Å². The summed E-state index contributed by atoms with van der Waals surface area (Å²) in [6, 6.07) is 10.5. The van der Waals surface area contributed by atoms with Gasteiger partial charge in [-0.3, -0.25) is 4.79 Å². The number of benzene rings is 2. The largest absolute Gasteiger partial charge is 0.329 e. The summed E-state index contributed by atoms with van der Waals surface area (Å²) in [6.45, 7) is 4.65. The van der Waals surface area contributed by atoms with Gasteiger partial charge >= 0.3 is 0 Å². The van der Waals surface area contributed by atoms with Gasteiger partial charge in [0, 0.05) is 17.1 Å². The van der Waals surface area contributed by atoms with Crippen molar-refractivity contribution in [1.82, 2.24) is 14.3 Å². The normalized spacial score (nSPS) is 11.6. The number of nitrogens with one attached hydrogen (secondary N) is 1. The number of carbonyl (C=O) groups excluding carboxylic acids is 1. The van der Waals surface area contributed by atoms with E-state index in [4.69, 9.17) is 11.6 Å². The fourth-order valence-electron chi connectivity index (χ4n) is 2.64. The number of fused-ring (bicyclic) bond motifs is 1. The van der Waals surface area contributed by atoms with Crippen LogP contribution in [-0.4, -0.2) is 23.9 Å². The molecule has 3 aromatic rings. The molecule has 0 atom stereocenters. The Morgan fingerprint density at radius 2 is 1.88 bits per heavy atom. The lowest BCUT2D eigenvalue weighted by molar-refractivity contribution is 0.0981. The number of hydrogen-bond donors (Lipinski definition) is 1. The number of nitrogens with zero attached hydrogens (tertiary/aromatic N) is 2. The van der Waals surface area contributed by atoms with E-state index < -0.39 is 15.9 Å². The molecule has 1 aromatic heterocycles. The van der Waals surface area contributed by atoms with Crippen LogP contribution in [0.4, 0.5) is 0 Å². The molecule has 1 amide bonds. The second-order valence-electron chi connectivity index (χ2n) is 5.50. The first kappa shape index (κ1) is 17.4. The third kappa shape index (κ3) is 3.38. The van der Waals surface area contributed by atoms with E-state index in [-0.39, 0.29) is 10.5 Å². The number of carbonyl (C=O) groups is 1. The SMILES string of the molecule is CCn1c(C)nc2cc(C(=O)NS(=O)(=O)c3ccc(Cl)cc3)ccc21. The molecule has 0 fully saturated rings. The summed E-state index contributed by atoms with van der Waals surface area (Å²) in [5.41, 5.74) is 1.78. The first-order valence-corrected chi connectivity index (χ1v) is 9.47. The van der Waals surface area contributed by atoms with Crippen molar-refractivity contribution in [3.05, 3.63) is 58.9 Å². The second-order valence-corrected chi connectivity index (χ2v) is 7.61. The molecule has 1 heterocycles. The quantitative estimate of drug-likeness (QED) is 0.757. The maximum atomic E-state index is 12.4. The molecule has 0 aliphatic rings. The molecule has 0 aliphatic heterocycles. The van der Waals surface area contributed by atoms with Crippen LogP contribution >= 0.6 is 11.6 Å². The van der Waals surface area contributed by atoms with Crippen molar-refractivity contribution in [2.45, 2.75) is 25.3 Å². The minimum Gasteiger partial charge on any atom is -0.329 e. The number of hydrogen-bond acceptors (Lipinski definition) is 4. The zero-order valence-electron chi connectivity index (χ0n) is 13.7. The Labute approximate surface area is 150 Å². The molecule has 0 bridgehead atoms. The van der Waals surface area contributed by atoms with E-state index >= 15 is 0 Å². The molecule has 0 aliphatic carbocycles. The Morgan fingerprint density at radius 3 is 2.52 bits per heavy atom. The van der Waals surface area contributed by atoms with Crippen molar-refractivity contribution in [2.75, 3.05) is 0 Å². The number of halogens is 1. The van der Waals surface area contributed by atoms with Crippen molar-refractivity contribution >= 4 is 38.6 Å². The number of sulfonamides is 1. The summed E-state index contributed by atoms with van der Waals surface area (Å²) in [7, 11) is -3.97. The molecular formula is C17H16ClN3O3S. The lowest BCUT2D eigenvalue weighted by atomic mass is 10.2. The summed E-state index contributed by atoms with van der Waals surface area (Å²) in [4.78, 5) is 16.7. The molecule has 0 radical (unpaired) electrons. The van der Waals surface area contributed by atoms with Gasteiger partial charge in [0.25, 0.3) is 15.9 Å². The maximum absolute atomic E-state index is 12.4. The Kier molecular flexibility index (Phi) is 4.53. The van der Waals surface area contributed by atoms with Gasteiger partial charge in [-0.25, -0.2) is 18.1 Å². The van der Waals surface area contributed by atoms with Crippen LogP contribution in [-0.2, 0) is 16.6 Å². The number of aryl methyl sites for hydroxylation is 2. The van der Waals surface area contributed by atoms with Crippen molar-refractivity contribution in [3.8, 4) is 0 Å². The van der Waals surface area contributed by atoms with Gasteiger partial charge in [-0.15, -0.1) is 0 Å². The number of imidazole rings is 1. The van der Waals surface area contributed by atoms with Gasteiger partial charge < -0.3 is 4.57 Å². The second kappa shape index (κ2) is 6.50. The number of rotatable bonds is 4. The summed E-state index contributed by atoms with van der Waals surface area (Å²) >= 11 is 5.75. The monoisotopic (exact) mass is 377 g/mol. The third-order valence-electron chi connectivity index (χ3n) is 3.87. The predicted molar refractivity (Wildman–Crippen MR) is 96.2 cm³/mol. The standard InChI is InChI=1S/C17H16ClN3O3S/c1-3-21-11(2)19-15-10-12(4-9-16(15)21)17(22)20-25(23,24)14-7-5-13(18)6-8-14/h4-10H,3H2,1-2H3,(H,20,22). The molecule has 1 N–H and O–H groups in total. The molecular weight excluding hydrogens is 362 g/mol. The minimum atomic E-state index is -3.97. The van der Waals surface area contributed by atoms with Crippen LogP contribution in [0.3, 0.4) is 0 Å². The van der Waals surface area contributed by atoms with E-state index in [0.29, 0.717) is 10.5 Å². The van der Waals surface area contributed by atoms with E-state index in [1.165, 1.54) is 24.3 Å². The van der Waals surface area contributed by atoms with Crippen LogP contribution in [0.25, 0.3) is 11.0 Å². The predicted octanol–water partition coefficient (Wildman–Crippen LogP) is 3.14. The van der Waals surface area contributed by atoms with Gasteiger partial charge in [0.1, 0.15) is 5.82 Å². The van der Waals surface area contributed by atoms with Gasteiger partial charge in [0.2, 0.25) is 0 Å². The molecule has 2 aromatic carbocycles. The van der Waals surface area contributed by atoms with E-state index in [2.05, 4.69) is 9.71 Å². The van der Waals surface area contributed by atoms with Gasteiger partial charge in [-0.05, 0) is 56.3 Å². The van der Waals surface area contributed by atoms with E-state index in [1.54, 1.807) is 18.2 Å². The number of amides is 1. The molecule has 0 saturated heterocycles. The van der Waals surface area contributed by atoms with E-state index in [0.717, 1.165) is 17.9 Å². The zero-order valence-corrected chi connectivity index (χ0v) is 15.2. The van der Waals surface area contributed by atoms with Crippen LogP contribution < -0.4 is 4.72 Å². The zero-order chi connectivity index (χ0) is 18.2. The van der Waals surface area contributed by atoms with Gasteiger partial charge in [0.15, 0.2) is 0 Å². The number of aromatic nitrogens is 2. The fourth-order valence-corrected chi connectivity index (χ4v) is 3.74. The Morgan fingerprint density at radius 1 is 1.20 bits per heavy atom. The van der Waals surface area contributed by atoms with Crippen LogP contribution in [0.5, 0.6) is 0 Å². The van der Waals surface area contributed by atoms with Crippen molar-refractivity contribution in [2.24, 2.45) is 0 Å². The average Bonchev–Trinajstić information content (AvgIpc) is 2.88. The topological polar surface area (TPSA) is 81.1 Å². The van der Waals surface area contributed by atoms with Crippen LogP contribution in [0.2, 0.25) is 5.02 Å². The molecule has 3 rings (SSSR count). The van der Waals surface area contributed by atoms with Crippen LogP contribution in [0.1, 0.15) is 23.1 Å². The molecule has 0 spiro atoms. The Hall–Kier alpha value is -2.38. The van der Waals surface area contributed by atoms with Crippen LogP contribution in [0, 0.1) is 6.92 Å². The van der Waals surface area contributed by atoms with Gasteiger partial charge in [-0.2, -0.15) is 0 Å². The smallest absolute Gasteiger partial charge is 0.265 e. The third-order valence-corrected chi connectivity index (χ3v) is 5.47. The highest BCUT2D eigenvalue weighted by molar-refractivity contribution is 7.90.